The van der Waals surface area contributed by atoms with Gasteiger partial charge in [-0.15, -0.1) is 0 Å². The Bertz CT molecular complexity index is 393. The summed E-state index contributed by atoms with van der Waals surface area (Å²) in [6.45, 7) is 1.89. The zero-order chi connectivity index (χ0) is 12.3. The van der Waals surface area contributed by atoms with Crippen molar-refractivity contribution in [2.45, 2.75) is 12.8 Å². The molecule has 92 valence electrons. The molecule has 1 saturated heterocycles. The Morgan fingerprint density at radius 2 is 2.41 bits per heavy atom. The molecule has 2 heterocycles. The molecule has 1 aliphatic heterocycles. The highest BCUT2D eigenvalue weighted by atomic mass is 16.6. The molecule has 0 spiro atoms. The highest BCUT2D eigenvalue weighted by Gasteiger charge is 2.20. The largest absolute Gasteiger partial charge is 0.396 e. The topological polar surface area (TPSA) is 79.5 Å². The van der Waals surface area contributed by atoms with E-state index in [1.807, 2.05) is 0 Å². The fraction of sp³-hybridized carbons (Fsp3) is 0.545. The van der Waals surface area contributed by atoms with Gasteiger partial charge in [0, 0.05) is 25.8 Å². The molecule has 0 saturated carbocycles. The lowest BCUT2D eigenvalue weighted by molar-refractivity contribution is -0.389. The van der Waals surface area contributed by atoms with E-state index in [-0.39, 0.29) is 12.4 Å². The van der Waals surface area contributed by atoms with Gasteiger partial charge >= 0.3 is 5.82 Å². The number of aliphatic hydroxyl groups is 1. The van der Waals surface area contributed by atoms with E-state index in [0.29, 0.717) is 5.92 Å². The molecule has 0 aliphatic carbocycles. The van der Waals surface area contributed by atoms with Crippen molar-refractivity contribution in [1.29, 1.82) is 0 Å². The molecule has 2 rings (SSSR count). The molecule has 6 nitrogen and oxygen atoms in total. The van der Waals surface area contributed by atoms with Crippen molar-refractivity contribution in [3.8, 4) is 0 Å². The second kappa shape index (κ2) is 5.09. The summed E-state index contributed by atoms with van der Waals surface area (Å²) in [4.78, 5) is 15.9. The Morgan fingerprint density at radius 3 is 3.00 bits per heavy atom. The normalized spacial score (nSPS) is 20.3. The maximum Gasteiger partial charge on any atom is 0.363 e. The summed E-state index contributed by atoms with van der Waals surface area (Å²) in [7, 11) is 0. The van der Waals surface area contributed by atoms with E-state index in [9.17, 15) is 10.1 Å². The number of anilines is 1. The molecule has 1 aromatic heterocycles. The van der Waals surface area contributed by atoms with E-state index in [1.165, 1.54) is 12.3 Å². The SMILES string of the molecule is O=[N+]([O-])c1ccc(N2CCC[C@H](CO)C2)cn1. The molecule has 6 heteroatoms. The fourth-order valence-electron chi connectivity index (χ4n) is 2.12. The average Bonchev–Trinajstić information content (AvgIpc) is 2.39. The Kier molecular flexibility index (Phi) is 3.53. The molecule has 0 radical (unpaired) electrons. The van der Waals surface area contributed by atoms with Crippen LogP contribution in [0.1, 0.15) is 12.8 Å². The van der Waals surface area contributed by atoms with Crippen molar-refractivity contribution in [2.75, 3.05) is 24.6 Å². The monoisotopic (exact) mass is 237 g/mol. The van der Waals surface area contributed by atoms with Crippen LogP contribution in [0.25, 0.3) is 0 Å². The van der Waals surface area contributed by atoms with Gasteiger partial charge in [-0.3, -0.25) is 0 Å². The molecule has 17 heavy (non-hydrogen) atoms. The molecule has 0 bridgehead atoms. The molecular weight excluding hydrogens is 222 g/mol. The average molecular weight is 237 g/mol. The molecule has 0 unspecified atom stereocenters. The number of nitrogens with zero attached hydrogens (tertiary/aromatic N) is 3. The van der Waals surface area contributed by atoms with Crippen molar-refractivity contribution >= 4 is 11.5 Å². The van der Waals surface area contributed by atoms with Gasteiger partial charge in [-0.25, -0.2) is 0 Å². The molecule has 1 N–H and O–H groups in total. The first-order chi connectivity index (χ1) is 8.20. The molecule has 1 aromatic rings. The maximum atomic E-state index is 10.5. The van der Waals surface area contributed by atoms with Crippen LogP contribution in [-0.4, -0.2) is 34.7 Å². The van der Waals surface area contributed by atoms with E-state index in [4.69, 9.17) is 5.11 Å². The van der Waals surface area contributed by atoms with E-state index < -0.39 is 4.92 Å². The Balaban J connectivity index is 2.08. The first kappa shape index (κ1) is 11.8. The van der Waals surface area contributed by atoms with E-state index in [0.717, 1.165) is 31.6 Å². The van der Waals surface area contributed by atoms with Gasteiger partial charge in [0.2, 0.25) is 0 Å². The van der Waals surface area contributed by atoms with E-state index in [2.05, 4.69) is 9.88 Å². The summed E-state index contributed by atoms with van der Waals surface area (Å²) in [6, 6.07) is 3.13. The fourth-order valence-corrected chi connectivity index (χ4v) is 2.12. The second-order valence-corrected chi connectivity index (χ2v) is 4.27. The summed E-state index contributed by atoms with van der Waals surface area (Å²) in [5.74, 6) is 0.156. The minimum absolute atomic E-state index is 0.135. The van der Waals surface area contributed by atoms with Crippen LogP contribution >= 0.6 is 0 Å². The van der Waals surface area contributed by atoms with Crippen LogP contribution in [-0.2, 0) is 0 Å². The van der Waals surface area contributed by atoms with Crippen LogP contribution in [0.5, 0.6) is 0 Å². The Morgan fingerprint density at radius 1 is 1.59 bits per heavy atom. The molecule has 1 aliphatic rings. The van der Waals surface area contributed by atoms with Gasteiger partial charge in [0.25, 0.3) is 0 Å². The summed E-state index contributed by atoms with van der Waals surface area (Å²) in [6.07, 6.45) is 3.59. The van der Waals surface area contributed by atoms with Crippen LogP contribution < -0.4 is 4.90 Å². The lowest BCUT2D eigenvalue weighted by Gasteiger charge is -2.32. The van der Waals surface area contributed by atoms with Crippen LogP contribution in [0.2, 0.25) is 0 Å². The van der Waals surface area contributed by atoms with Gasteiger partial charge in [-0.2, -0.15) is 0 Å². The molecule has 0 amide bonds. The van der Waals surface area contributed by atoms with Gasteiger partial charge < -0.3 is 20.1 Å². The zero-order valence-electron chi connectivity index (χ0n) is 9.45. The van der Waals surface area contributed by atoms with Gasteiger partial charge in [-0.05, 0) is 34.7 Å². The first-order valence-corrected chi connectivity index (χ1v) is 5.67. The van der Waals surface area contributed by atoms with Gasteiger partial charge in [0.1, 0.15) is 0 Å². The van der Waals surface area contributed by atoms with E-state index >= 15 is 0 Å². The van der Waals surface area contributed by atoms with Crippen molar-refractivity contribution < 1.29 is 10.0 Å². The number of rotatable bonds is 3. The summed E-state index contributed by atoms with van der Waals surface area (Å²) < 4.78 is 0. The smallest absolute Gasteiger partial charge is 0.363 e. The van der Waals surface area contributed by atoms with Crippen molar-refractivity contribution in [3.05, 3.63) is 28.4 Å². The number of aromatic nitrogens is 1. The third-order valence-electron chi connectivity index (χ3n) is 3.06. The third-order valence-corrected chi connectivity index (χ3v) is 3.06. The Hall–Kier alpha value is -1.69. The second-order valence-electron chi connectivity index (χ2n) is 4.27. The number of nitro groups is 1. The van der Waals surface area contributed by atoms with Gasteiger partial charge in [0.05, 0.1) is 5.69 Å². The summed E-state index contributed by atoms with van der Waals surface area (Å²) in [5.41, 5.74) is 0.883. The number of hydrogen-bond donors (Lipinski definition) is 1. The zero-order valence-corrected chi connectivity index (χ0v) is 9.45. The van der Waals surface area contributed by atoms with Crippen molar-refractivity contribution in [3.63, 3.8) is 0 Å². The minimum atomic E-state index is -0.503. The molecular formula is C11H15N3O3. The highest BCUT2D eigenvalue weighted by Crippen LogP contribution is 2.23. The van der Waals surface area contributed by atoms with Gasteiger partial charge in [0.15, 0.2) is 6.20 Å². The predicted octanol–water partition coefficient (Wildman–Crippen LogP) is 1.20. The third kappa shape index (κ3) is 2.71. The van der Waals surface area contributed by atoms with Crippen molar-refractivity contribution in [2.24, 2.45) is 5.92 Å². The van der Waals surface area contributed by atoms with E-state index in [1.54, 1.807) is 6.07 Å². The van der Waals surface area contributed by atoms with Crippen LogP contribution in [0.15, 0.2) is 18.3 Å². The standard InChI is InChI=1S/C11H15N3O3/c15-8-9-2-1-5-13(7-9)10-3-4-11(12-6-10)14(16)17/h3-4,6,9,15H,1-2,5,7-8H2/t9-/m0/s1. The van der Waals surface area contributed by atoms with Crippen LogP contribution in [0.4, 0.5) is 11.5 Å². The molecule has 1 atom stereocenters. The highest BCUT2D eigenvalue weighted by molar-refractivity contribution is 5.46. The minimum Gasteiger partial charge on any atom is -0.396 e. The maximum absolute atomic E-state index is 10.5. The van der Waals surface area contributed by atoms with Crippen LogP contribution in [0, 0.1) is 16.0 Å². The van der Waals surface area contributed by atoms with Crippen molar-refractivity contribution in [1.82, 2.24) is 4.98 Å². The number of piperidine rings is 1. The number of hydrogen-bond acceptors (Lipinski definition) is 5. The number of aliphatic hydroxyl groups excluding tert-OH is 1. The molecule has 1 fully saturated rings. The summed E-state index contributed by atoms with van der Waals surface area (Å²) in [5, 5.41) is 19.6. The lowest BCUT2D eigenvalue weighted by atomic mass is 9.99. The predicted molar refractivity (Wildman–Crippen MR) is 62.9 cm³/mol. The first-order valence-electron chi connectivity index (χ1n) is 5.67. The lowest BCUT2D eigenvalue weighted by Crippen LogP contribution is -2.36. The summed E-state index contributed by atoms with van der Waals surface area (Å²) >= 11 is 0. The van der Waals surface area contributed by atoms with Crippen LogP contribution in [0.3, 0.4) is 0 Å². The molecule has 0 aromatic carbocycles. The number of pyridine rings is 1. The quantitative estimate of drug-likeness (QED) is 0.631. The van der Waals surface area contributed by atoms with Gasteiger partial charge in [-0.1, -0.05) is 0 Å². The Labute approximate surface area is 99.0 Å².